The van der Waals surface area contributed by atoms with Crippen LogP contribution in [0.4, 0.5) is 17.1 Å². The molecule has 0 aliphatic carbocycles. The van der Waals surface area contributed by atoms with Crippen LogP contribution in [0.5, 0.6) is 0 Å². The van der Waals surface area contributed by atoms with Gasteiger partial charge >= 0.3 is 0 Å². The maximum atomic E-state index is 6.72. The molecule has 0 radical (unpaired) electrons. The lowest BCUT2D eigenvalue weighted by molar-refractivity contribution is 0.620. The van der Waals surface area contributed by atoms with E-state index in [1.807, 2.05) is 54.6 Å². The molecular formula is C45H28N2O2. The molecule has 0 aliphatic rings. The Morgan fingerprint density at radius 1 is 0.449 bits per heavy atom. The third kappa shape index (κ3) is 4.42. The Bertz CT molecular complexity index is 2820. The predicted octanol–water partition coefficient (Wildman–Crippen LogP) is 12.8. The molecule has 10 rings (SSSR count). The minimum Gasteiger partial charge on any atom is -0.456 e. The zero-order valence-corrected chi connectivity index (χ0v) is 26.4. The first-order valence-electron chi connectivity index (χ1n) is 16.5. The molecule has 2 heterocycles. The summed E-state index contributed by atoms with van der Waals surface area (Å²) in [5, 5.41) is 6.98. The van der Waals surface area contributed by atoms with Crippen LogP contribution in [-0.4, -0.2) is 4.98 Å². The highest BCUT2D eigenvalue weighted by Crippen LogP contribution is 2.48. The third-order valence-electron chi connectivity index (χ3n) is 9.46. The zero-order chi connectivity index (χ0) is 32.3. The highest BCUT2D eigenvalue weighted by Gasteiger charge is 2.26. The Balaban J connectivity index is 1.23. The maximum Gasteiger partial charge on any atom is 0.227 e. The Morgan fingerprint density at radius 2 is 1.08 bits per heavy atom. The van der Waals surface area contributed by atoms with Crippen LogP contribution in [0.2, 0.25) is 0 Å². The molecule has 8 aromatic carbocycles. The van der Waals surface area contributed by atoms with Gasteiger partial charge in [0, 0.05) is 28.4 Å². The van der Waals surface area contributed by atoms with E-state index in [-0.39, 0.29) is 0 Å². The van der Waals surface area contributed by atoms with Crippen LogP contribution in [0, 0.1) is 0 Å². The number of oxazole rings is 1. The van der Waals surface area contributed by atoms with Crippen molar-refractivity contribution in [2.24, 2.45) is 0 Å². The van der Waals surface area contributed by atoms with E-state index < -0.39 is 0 Å². The average molecular weight is 629 g/mol. The predicted molar refractivity (Wildman–Crippen MR) is 202 cm³/mol. The molecule has 0 N–H and O–H groups in total. The van der Waals surface area contributed by atoms with Crippen molar-refractivity contribution >= 4 is 71.6 Å². The van der Waals surface area contributed by atoms with Gasteiger partial charge in [-0.2, -0.15) is 0 Å². The summed E-state index contributed by atoms with van der Waals surface area (Å²) in [7, 11) is 0. The van der Waals surface area contributed by atoms with Crippen LogP contribution in [0.25, 0.3) is 77.2 Å². The average Bonchev–Trinajstić information content (AvgIpc) is 3.77. The van der Waals surface area contributed by atoms with Crippen LogP contribution in [0.15, 0.2) is 179 Å². The number of benzene rings is 8. The summed E-state index contributed by atoms with van der Waals surface area (Å²) in [4.78, 5) is 7.26. The summed E-state index contributed by atoms with van der Waals surface area (Å²) in [5.74, 6) is 0.570. The normalized spacial score (nSPS) is 11.7. The highest BCUT2D eigenvalue weighted by molar-refractivity contribution is 6.20. The van der Waals surface area contributed by atoms with Crippen LogP contribution in [0.1, 0.15) is 0 Å². The number of fused-ring (bicyclic) bond motifs is 7. The topological polar surface area (TPSA) is 42.4 Å². The van der Waals surface area contributed by atoms with Gasteiger partial charge in [-0.3, -0.25) is 0 Å². The summed E-state index contributed by atoms with van der Waals surface area (Å²) < 4.78 is 13.2. The molecule has 4 nitrogen and oxygen atoms in total. The molecule has 230 valence electrons. The molecule has 49 heavy (non-hydrogen) atoms. The molecule has 0 saturated heterocycles. The minimum atomic E-state index is 0.570. The van der Waals surface area contributed by atoms with Crippen molar-refractivity contribution in [1.29, 1.82) is 0 Å². The second-order valence-corrected chi connectivity index (χ2v) is 12.3. The Hall–Kier alpha value is -6.65. The summed E-state index contributed by atoms with van der Waals surface area (Å²) in [6.07, 6.45) is 0. The van der Waals surface area contributed by atoms with Gasteiger partial charge in [0.1, 0.15) is 22.4 Å². The molecule has 0 fully saturated rings. The largest absolute Gasteiger partial charge is 0.456 e. The van der Waals surface area contributed by atoms with Gasteiger partial charge in [0.05, 0.1) is 5.39 Å². The second-order valence-electron chi connectivity index (χ2n) is 12.3. The van der Waals surface area contributed by atoms with Crippen LogP contribution >= 0.6 is 0 Å². The van der Waals surface area contributed by atoms with Crippen molar-refractivity contribution in [2.75, 3.05) is 4.90 Å². The van der Waals surface area contributed by atoms with E-state index in [4.69, 9.17) is 13.8 Å². The minimum absolute atomic E-state index is 0.570. The van der Waals surface area contributed by atoms with Crippen molar-refractivity contribution in [2.45, 2.75) is 0 Å². The van der Waals surface area contributed by atoms with Crippen LogP contribution < -0.4 is 4.90 Å². The SMILES string of the molecule is c1ccc(-c2nc3cc4oc5ccccc5c4c(N(c4ccccc4)c4ccc(-c5cc6ccccc6c6ccccc56)cc4)c3o2)cc1. The second kappa shape index (κ2) is 11.0. The Morgan fingerprint density at radius 3 is 1.88 bits per heavy atom. The summed E-state index contributed by atoms with van der Waals surface area (Å²) in [5.41, 5.74) is 9.19. The lowest BCUT2D eigenvalue weighted by atomic mass is 9.93. The van der Waals surface area contributed by atoms with Crippen molar-refractivity contribution in [1.82, 2.24) is 4.98 Å². The first-order valence-corrected chi connectivity index (χ1v) is 16.5. The van der Waals surface area contributed by atoms with Crippen molar-refractivity contribution in [3.8, 4) is 22.6 Å². The number of aromatic nitrogens is 1. The molecule has 0 saturated carbocycles. The van der Waals surface area contributed by atoms with Gasteiger partial charge in [0.2, 0.25) is 5.89 Å². The number of para-hydroxylation sites is 2. The molecule has 0 spiro atoms. The van der Waals surface area contributed by atoms with E-state index in [0.717, 1.165) is 55.6 Å². The number of hydrogen-bond acceptors (Lipinski definition) is 4. The van der Waals surface area contributed by atoms with E-state index in [0.29, 0.717) is 11.5 Å². The summed E-state index contributed by atoms with van der Waals surface area (Å²) in [6.45, 7) is 0. The van der Waals surface area contributed by atoms with E-state index in [9.17, 15) is 0 Å². The number of nitrogens with zero attached hydrogens (tertiary/aromatic N) is 2. The molecule has 10 aromatic rings. The third-order valence-corrected chi connectivity index (χ3v) is 9.46. The van der Waals surface area contributed by atoms with E-state index in [1.165, 1.54) is 27.1 Å². The molecule has 4 heteroatoms. The van der Waals surface area contributed by atoms with Crippen LogP contribution in [-0.2, 0) is 0 Å². The number of furan rings is 1. The number of hydrogen-bond donors (Lipinski definition) is 0. The van der Waals surface area contributed by atoms with E-state index >= 15 is 0 Å². The molecule has 2 aromatic heterocycles. The van der Waals surface area contributed by atoms with Crippen LogP contribution in [0.3, 0.4) is 0 Å². The number of rotatable bonds is 5. The van der Waals surface area contributed by atoms with Gasteiger partial charge < -0.3 is 13.7 Å². The van der Waals surface area contributed by atoms with Crippen molar-refractivity contribution in [3.63, 3.8) is 0 Å². The Kier molecular flexibility index (Phi) is 6.15. The van der Waals surface area contributed by atoms with Gasteiger partial charge in [-0.1, -0.05) is 115 Å². The highest BCUT2D eigenvalue weighted by atomic mass is 16.4. The molecular weight excluding hydrogens is 601 g/mol. The Labute approximate surface area is 282 Å². The van der Waals surface area contributed by atoms with Gasteiger partial charge in [-0.05, 0) is 81.2 Å². The molecule has 0 bridgehead atoms. The fourth-order valence-corrected chi connectivity index (χ4v) is 7.23. The van der Waals surface area contributed by atoms with Gasteiger partial charge in [0.15, 0.2) is 5.58 Å². The lowest BCUT2D eigenvalue weighted by Crippen LogP contribution is -2.10. The van der Waals surface area contributed by atoms with Crippen molar-refractivity contribution in [3.05, 3.63) is 170 Å². The monoisotopic (exact) mass is 628 g/mol. The quantitative estimate of drug-likeness (QED) is 0.178. The standard InChI is InChI=1S/C45H28N2O2/c1-3-13-30(14-4-1)45-46-39-28-41-42(37-21-11-12-22-40(37)48-41)43(44(39)49-45)47(32-16-5-2-6-17-32)33-25-23-29(24-26-33)38-27-31-15-7-8-18-34(31)35-19-9-10-20-36(35)38/h1-28H. The van der Waals surface area contributed by atoms with E-state index in [2.05, 4.69) is 120 Å². The smallest absolute Gasteiger partial charge is 0.227 e. The summed E-state index contributed by atoms with van der Waals surface area (Å²) in [6, 6.07) is 59.1. The lowest BCUT2D eigenvalue weighted by Gasteiger charge is -2.26. The first-order chi connectivity index (χ1) is 24.3. The zero-order valence-electron chi connectivity index (χ0n) is 26.4. The number of anilines is 3. The molecule has 0 atom stereocenters. The van der Waals surface area contributed by atoms with Crippen molar-refractivity contribution < 1.29 is 8.83 Å². The van der Waals surface area contributed by atoms with E-state index in [1.54, 1.807) is 0 Å². The fraction of sp³-hybridized carbons (Fsp3) is 0. The van der Waals surface area contributed by atoms with Gasteiger partial charge in [0.25, 0.3) is 0 Å². The maximum absolute atomic E-state index is 6.72. The molecule has 0 unspecified atom stereocenters. The fourth-order valence-electron chi connectivity index (χ4n) is 7.23. The van der Waals surface area contributed by atoms with Gasteiger partial charge in [-0.15, -0.1) is 0 Å². The van der Waals surface area contributed by atoms with Gasteiger partial charge in [-0.25, -0.2) is 4.98 Å². The first kappa shape index (κ1) is 27.5. The molecule has 0 aliphatic heterocycles. The summed E-state index contributed by atoms with van der Waals surface area (Å²) >= 11 is 0. The molecule has 0 amide bonds.